The first-order valence-electron chi connectivity index (χ1n) is 2.66. The third-order valence-electron chi connectivity index (χ3n) is 1.11. The molecule has 1 aromatic carbocycles. The second-order valence-corrected chi connectivity index (χ2v) is 2.46. The van der Waals surface area contributed by atoms with E-state index >= 15 is 0 Å². The zero-order valence-electron chi connectivity index (χ0n) is 5.11. The van der Waals surface area contributed by atoms with Gasteiger partial charge in [0, 0.05) is 6.07 Å². The SMILES string of the molecule is O=Nc1cc(O)ccc1P. The molecule has 3 nitrogen and oxygen atoms in total. The van der Waals surface area contributed by atoms with Gasteiger partial charge in [0.15, 0.2) is 0 Å². The van der Waals surface area contributed by atoms with E-state index in [1.165, 1.54) is 12.1 Å². The van der Waals surface area contributed by atoms with Crippen LogP contribution in [0.5, 0.6) is 5.75 Å². The van der Waals surface area contributed by atoms with Gasteiger partial charge in [-0.25, -0.2) is 0 Å². The van der Waals surface area contributed by atoms with Crippen LogP contribution < -0.4 is 5.30 Å². The van der Waals surface area contributed by atoms with E-state index in [-0.39, 0.29) is 11.4 Å². The Kier molecular flexibility index (Phi) is 1.97. The van der Waals surface area contributed by atoms with Crippen molar-refractivity contribution in [1.29, 1.82) is 0 Å². The molecule has 52 valence electrons. The van der Waals surface area contributed by atoms with Crippen molar-refractivity contribution in [2.75, 3.05) is 0 Å². The van der Waals surface area contributed by atoms with Crippen molar-refractivity contribution >= 4 is 20.2 Å². The fourth-order valence-corrected chi connectivity index (χ4v) is 0.843. The summed E-state index contributed by atoms with van der Waals surface area (Å²) in [7, 11) is 2.35. The van der Waals surface area contributed by atoms with Crippen LogP contribution in [0.2, 0.25) is 0 Å². The summed E-state index contributed by atoms with van der Waals surface area (Å²) >= 11 is 0. The standard InChI is InChI=1S/C6H6NO2P/c8-4-1-2-6(10)5(3-4)7-9/h1-3,8H,10H2. The summed E-state index contributed by atoms with van der Waals surface area (Å²) in [5.41, 5.74) is 0.255. The van der Waals surface area contributed by atoms with Gasteiger partial charge in [-0.3, -0.25) is 0 Å². The Hall–Kier alpha value is -0.950. The van der Waals surface area contributed by atoms with E-state index in [0.717, 1.165) is 0 Å². The molecule has 0 spiro atoms. The molecule has 0 aromatic heterocycles. The normalized spacial score (nSPS) is 9.30. The van der Waals surface area contributed by atoms with Crippen LogP contribution in [0, 0.1) is 4.91 Å². The van der Waals surface area contributed by atoms with Gasteiger partial charge in [-0.15, -0.1) is 14.1 Å². The topological polar surface area (TPSA) is 49.7 Å². The average molecular weight is 155 g/mol. The van der Waals surface area contributed by atoms with Gasteiger partial charge in [0.1, 0.15) is 11.4 Å². The van der Waals surface area contributed by atoms with E-state index < -0.39 is 0 Å². The molecule has 1 atom stereocenters. The third-order valence-corrected chi connectivity index (χ3v) is 1.60. The number of aromatic hydroxyl groups is 1. The molecule has 0 amide bonds. The number of hydrogen-bond donors (Lipinski definition) is 1. The second kappa shape index (κ2) is 2.76. The summed E-state index contributed by atoms with van der Waals surface area (Å²) in [5, 5.41) is 12.2. The lowest BCUT2D eigenvalue weighted by atomic mass is 10.3. The van der Waals surface area contributed by atoms with Crippen molar-refractivity contribution in [3.63, 3.8) is 0 Å². The number of benzene rings is 1. The Morgan fingerprint density at radius 2 is 2.20 bits per heavy atom. The van der Waals surface area contributed by atoms with Crippen LogP contribution in [-0.2, 0) is 0 Å². The molecular formula is C6H6NO2P. The highest BCUT2D eigenvalue weighted by molar-refractivity contribution is 7.28. The summed E-state index contributed by atoms with van der Waals surface area (Å²) in [6.07, 6.45) is 0. The van der Waals surface area contributed by atoms with Crippen molar-refractivity contribution in [1.82, 2.24) is 0 Å². The molecule has 0 heterocycles. The van der Waals surface area contributed by atoms with Gasteiger partial charge >= 0.3 is 0 Å². The molecule has 0 fully saturated rings. The van der Waals surface area contributed by atoms with Gasteiger partial charge in [-0.2, -0.15) is 0 Å². The quantitative estimate of drug-likeness (QED) is 0.490. The predicted octanol–water partition coefficient (Wildman–Crippen LogP) is 1.29. The zero-order valence-corrected chi connectivity index (χ0v) is 6.27. The van der Waals surface area contributed by atoms with Crippen molar-refractivity contribution in [2.24, 2.45) is 5.18 Å². The van der Waals surface area contributed by atoms with Gasteiger partial charge in [0.25, 0.3) is 0 Å². The molecule has 1 rings (SSSR count). The zero-order chi connectivity index (χ0) is 7.56. The molecule has 10 heavy (non-hydrogen) atoms. The lowest BCUT2D eigenvalue weighted by Gasteiger charge is -1.94. The maximum Gasteiger partial charge on any atom is 0.118 e. The lowest BCUT2D eigenvalue weighted by Crippen LogP contribution is -1.87. The van der Waals surface area contributed by atoms with Gasteiger partial charge in [0.2, 0.25) is 0 Å². The van der Waals surface area contributed by atoms with E-state index in [4.69, 9.17) is 5.11 Å². The Morgan fingerprint density at radius 1 is 1.50 bits per heavy atom. The van der Waals surface area contributed by atoms with E-state index in [2.05, 4.69) is 14.4 Å². The smallest absolute Gasteiger partial charge is 0.118 e. The summed E-state index contributed by atoms with van der Waals surface area (Å²) in [6.45, 7) is 0. The highest BCUT2D eigenvalue weighted by Gasteiger charge is 1.97. The summed E-state index contributed by atoms with van der Waals surface area (Å²) < 4.78 is 0. The third kappa shape index (κ3) is 1.31. The van der Waals surface area contributed by atoms with E-state index in [9.17, 15) is 4.91 Å². The number of nitrogens with zero attached hydrogens (tertiary/aromatic N) is 1. The van der Waals surface area contributed by atoms with Gasteiger partial charge in [-0.1, -0.05) is 0 Å². The first kappa shape index (κ1) is 7.16. The van der Waals surface area contributed by atoms with Crippen LogP contribution in [0.15, 0.2) is 23.4 Å². The Balaban J connectivity index is 3.21. The Bertz CT molecular complexity index is 262. The molecule has 0 saturated carbocycles. The summed E-state index contributed by atoms with van der Waals surface area (Å²) in [4.78, 5) is 10.0. The highest BCUT2D eigenvalue weighted by atomic mass is 31.0. The van der Waals surface area contributed by atoms with Crippen LogP contribution in [0.25, 0.3) is 0 Å². The number of nitroso groups, excluding NO2 is 1. The van der Waals surface area contributed by atoms with E-state index in [1.54, 1.807) is 6.07 Å². The summed E-state index contributed by atoms with van der Waals surface area (Å²) in [6, 6.07) is 4.42. The minimum atomic E-state index is 0.0563. The number of hydrogen-bond acceptors (Lipinski definition) is 3. The highest BCUT2D eigenvalue weighted by Crippen LogP contribution is 2.17. The average Bonchev–Trinajstić information content (AvgIpc) is 1.94. The van der Waals surface area contributed by atoms with Gasteiger partial charge in [0.05, 0.1) is 0 Å². The molecule has 0 radical (unpaired) electrons. The molecule has 1 aromatic rings. The fraction of sp³-hybridized carbons (Fsp3) is 0. The molecule has 0 aliphatic carbocycles. The van der Waals surface area contributed by atoms with Crippen molar-refractivity contribution < 1.29 is 5.11 Å². The minimum Gasteiger partial charge on any atom is -0.508 e. The number of rotatable bonds is 1. The van der Waals surface area contributed by atoms with Gasteiger partial charge < -0.3 is 5.11 Å². The van der Waals surface area contributed by atoms with Crippen molar-refractivity contribution in [3.05, 3.63) is 23.1 Å². The lowest BCUT2D eigenvalue weighted by molar-refractivity contribution is 0.475. The van der Waals surface area contributed by atoms with Crippen LogP contribution in [-0.4, -0.2) is 5.11 Å². The van der Waals surface area contributed by atoms with Crippen LogP contribution >= 0.6 is 9.24 Å². The Labute approximate surface area is 60.3 Å². The molecule has 0 saturated heterocycles. The van der Waals surface area contributed by atoms with Crippen LogP contribution in [0.4, 0.5) is 5.69 Å². The van der Waals surface area contributed by atoms with Crippen LogP contribution in [0.3, 0.4) is 0 Å². The minimum absolute atomic E-state index is 0.0563. The van der Waals surface area contributed by atoms with Gasteiger partial charge in [-0.05, 0) is 22.6 Å². The monoisotopic (exact) mass is 155 g/mol. The molecule has 4 heteroatoms. The molecule has 0 bridgehead atoms. The number of phenolic OH excluding ortho intramolecular Hbond substituents is 1. The molecule has 1 unspecified atom stereocenters. The van der Waals surface area contributed by atoms with E-state index in [0.29, 0.717) is 5.30 Å². The Morgan fingerprint density at radius 3 is 2.70 bits per heavy atom. The molecule has 0 aliphatic heterocycles. The van der Waals surface area contributed by atoms with E-state index in [1.807, 2.05) is 0 Å². The fourth-order valence-electron chi connectivity index (χ4n) is 0.611. The maximum atomic E-state index is 10.0. The van der Waals surface area contributed by atoms with Crippen molar-refractivity contribution in [3.8, 4) is 5.75 Å². The second-order valence-electron chi connectivity index (χ2n) is 1.83. The molecule has 0 aliphatic rings. The molecule has 1 N–H and O–H groups in total. The maximum absolute atomic E-state index is 10.0. The number of phenols is 1. The van der Waals surface area contributed by atoms with Crippen LogP contribution in [0.1, 0.15) is 0 Å². The first-order chi connectivity index (χ1) is 4.74. The molecular weight excluding hydrogens is 149 g/mol. The van der Waals surface area contributed by atoms with Crippen molar-refractivity contribution in [2.45, 2.75) is 0 Å². The largest absolute Gasteiger partial charge is 0.508 e. The summed E-state index contributed by atoms with van der Waals surface area (Å²) in [5.74, 6) is 0.0563. The first-order valence-corrected chi connectivity index (χ1v) is 3.23. The predicted molar refractivity (Wildman–Crippen MR) is 42.9 cm³/mol.